The molecule has 0 aromatic carbocycles. The summed E-state index contributed by atoms with van der Waals surface area (Å²) >= 11 is 0. The first-order valence-corrected chi connectivity index (χ1v) is 19.5. The predicted molar refractivity (Wildman–Crippen MR) is 168 cm³/mol. The fraction of sp³-hybridized carbons (Fsp3) is 1.00. The average molecular weight is 621 g/mol. The monoisotopic (exact) mass is 620 g/mol. The van der Waals surface area contributed by atoms with Crippen molar-refractivity contribution in [3.63, 3.8) is 0 Å². The van der Waals surface area contributed by atoms with Crippen molar-refractivity contribution in [1.29, 1.82) is 0 Å². The summed E-state index contributed by atoms with van der Waals surface area (Å²) in [5.74, 6) is 5.97. The Balaban J connectivity index is 0.000000892. The molecule has 9 fully saturated rings. The molecule has 4 saturated carbocycles. The van der Waals surface area contributed by atoms with Gasteiger partial charge >= 0.3 is 10.2 Å². The highest BCUT2D eigenvalue weighted by molar-refractivity contribution is 6.15. The highest BCUT2D eigenvalue weighted by Crippen LogP contribution is 2.45. The van der Waals surface area contributed by atoms with Gasteiger partial charge in [0.1, 0.15) is 0 Å². The third kappa shape index (κ3) is 5.68. The number of rotatable bonds is 0. The molecule has 8 nitrogen and oxygen atoms in total. The van der Waals surface area contributed by atoms with Crippen molar-refractivity contribution in [2.45, 2.75) is 152 Å². The molecular formula is C32H58F2N8Si. The van der Waals surface area contributed by atoms with Crippen LogP contribution in [0.3, 0.4) is 0 Å². The SMILES string of the molecule is C1CCC2C3NC(NC4NC(NC5NC(NC6NC(N3)C3CCCCC63)C3CCCCC53)C3CCCCC43)C2C1.F[SiH2]F. The first-order valence-electron chi connectivity index (χ1n) is 18.4. The van der Waals surface area contributed by atoms with Gasteiger partial charge in [0, 0.05) is 0 Å². The molecule has 244 valence electrons. The normalized spacial score (nSPS) is 54.0. The maximum Gasteiger partial charge on any atom is 0.397 e. The molecule has 5 saturated heterocycles. The van der Waals surface area contributed by atoms with Crippen molar-refractivity contribution in [3.8, 4) is 0 Å². The van der Waals surface area contributed by atoms with E-state index in [1.54, 1.807) is 0 Å². The minimum absolute atomic E-state index is 0.420. The predicted octanol–water partition coefficient (Wildman–Crippen LogP) is 2.53. The number of hydrogen-bond donors (Lipinski definition) is 8. The van der Waals surface area contributed by atoms with Gasteiger partial charge in [-0.1, -0.05) is 51.4 Å². The molecule has 5 heterocycles. The summed E-state index contributed by atoms with van der Waals surface area (Å²) in [5.41, 5.74) is 0. The fourth-order valence-electron chi connectivity index (χ4n) is 12.0. The van der Waals surface area contributed by atoms with Crippen LogP contribution in [-0.4, -0.2) is 59.5 Å². The van der Waals surface area contributed by atoms with Crippen LogP contribution in [0.2, 0.25) is 0 Å². The van der Waals surface area contributed by atoms with Crippen LogP contribution in [0.25, 0.3) is 0 Å². The van der Waals surface area contributed by atoms with Crippen LogP contribution >= 0.6 is 0 Å². The lowest BCUT2D eigenvalue weighted by atomic mass is 9.76. The van der Waals surface area contributed by atoms with Gasteiger partial charge in [-0.3, -0.25) is 50.7 Å². The third-order valence-corrected chi connectivity index (χ3v) is 13.8. The number of halogens is 2. The van der Waals surface area contributed by atoms with E-state index in [1.165, 1.54) is 103 Å². The van der Waals surface area contributed by atoms with Gasteiger partial charge in [-0.25, -0.2) is 0 Å². The van der Waals surface area contributed by atoms with E-state index in [4.69, 9.17) is 0 Å². The third-order valence-electron chi connectivity index (χ3n) is 13.8. The lowest BCUT2D eigenvalue weighted by Crippen LogP contribution is -2.61. The van der Waals surface area contributed by atoms with Gasteiger partial charge in [-0.15, -0.1) is 0 Å². The topological polar surface area (TPSA) is 96.2 Å². The Morgan fingerprint density at radius 2 is 0.395 bits per heavy atom. The van der Waals surface area contributed by atoms with Gasteiger partial charge in [0.15, 0.2) is 0 Å². The Labute approximate surface area is 260 Å². The molecule has 5 aliphatic heterocycles. The standard InChI is InChI=1S/C32H56N8.F2H2Si/c1-2-10-18-17(9-1)25-33-26(18)38-28-21-13-5-6-14-22(21)30(35-28)40-32-24-16-8-7-15-23(24)31(36-32)39-29-20-12-4-3-11-19(20)27(34-29)37-25;1-3-2/h17-40H,1-16H2;3H2. The molecule has 0 aromatic rings. The van der Waals surface area contributed by atoms with E-state index in [0.29, 0.717) is 49.3 Å². The van der Waals surface area contributed by atoms with Crippen LogP contribution in [0.4, 0.5) is 8.22 Å². The van der Waals surface area contributed by atoms with E-state index in [2.05, 4.69) is 42.5 Å². The smallest absolute Gasteiger partial charge is 0.286 e. The first-order chi connectivity index (χ1) is 21.2. The van der Waals surface area contributed by atoms with E-state index in [9.17, 15) is 8.22 Å². The molecular weight excluding hydrogens is 562 g/mol. The van der Waals surface area contributed by atoms with E-state index in [1.807, 2.05) is 0 Å². The maximum absolute atomic E-state index is 9.76. The Morgan fingerprint density at radius 3 is 0.512 bits per heavy atom. The summed E-state index contributed by atoms with van der Waals surface area (Å²) in [6.45, 7) is 0. The summed E-state index contributed by atoms with van der Waals surface area (Å²) in [4.78, 5) is 0. The lowest BCUT2D eigenvalue weighted by molar-refractivity contribution is 0.167. The Morgan fingerprint density at radius 1 is 0.279 bits per heavy atom. The van der Waals surface area contributed by atoms with Crippen molar-refractivity contribution in [2.75, 3.05) is 0 Å². The van der Waals surface area contributed by atoms with Gasteiger partial charge in [-0.2, -0.15) is 0 Å². The van der Waals surface area contributed by atoms with Crippen LogP contribution < -0.4 is 42.5 Å². The second-order valence-electron chi connectivity index (χ2n) is 15.7. The lowest BCUT2D eigenvalue weighted by Gasteiger charge is -2.35. The zero-order chi connectivity index (χ0) is 28.9. The molecule has 9 aliphatic rings. The van der Waals surface area contributed by atoms with Gasteiger partial charge in [0.25, 0.3) is 0 Å². The van der Waals surface area contributed by atoms with E-state index < -0.39 is 10.2 Å². The second-order valence-corrected chi connectivity index (χ2v) is 15.9. The van der Waals surface area contributed by atoms with E-state index >= 15 is 0 Å². The van der Waals surface area contributed by atoms with Crippen molar-refractivity contribution in [1.82, 2.24) is 42.5 Å². The quantitative estimate of drug-likeness (QED) is 0.155. The molecule has 8 N–H and O–H groups in total. The van der Waals surface area contributed by atoms with E-state index in [-0.39, 0.29) is 0 Å². The molecule has 8 atom stereocenters. The van der Waals surface area contributed by atoms with Crippen LogP contribution in [0.5, 0.6) is 0 Å². The summed E-state index contributed by atoms with van der Waals surface area (Å²) in [7, 11) is -2.58. The number of nitrogens with one attached hydrogen (secondary N) is 8. The zero-order valence-electron chi connectivity index (χ0n) is 26.0. The minimum atomic E-state index is -2.58. The molecule has 11 heteroatoms. The molecule has 0 aromatic heterocycles. The summed E-state index contributed by atoms with van der Waals surface area (Å²) in [5, 5.41) is 33.8. The molecule has 43 heavy (non-hydrogen) atoms. The summed E-state index contributed by atoms with van der Waals surface area (Å²) in [6, 6.07) is 0. The number of fused-ring (bicyclic) bond motifs is 20. The second kappa shape index (κ2) is 13.1. The Bertz CT molecular complexity index is 743. The molecule has 9 rings (SSSR count). The van der Waals surface area contributed by atoms with Crippen molar-refractivity contribution < 1.29 is 8.22 Å². The van der Waals surface area contributed by atoms with Crippen LogP contribution in [0.15, 0.2) is 0 Å². The Kier molecular flexibility index (Phi) is 9.18. The van der Waals surface area contributed by atoms with Crippen LogP contribution in [0, 0.1) is 47.3 Å². The number of hydrogen-bond acceptors (Lipinski definition) is 8. The molecule has 8 unspecified atom stereocenters. The van der Waals surface area contributed by atoms with Crippen molar-refractivity contribution >= 4 is 10.2 Å². The van der Waals surface area contributed by atoms with Gasteiger partial charge in [-0.05, 0) is 98.7 Å². The molecule has 8 bridgehead atoms. The Hall–Kier alpha value is -0.243. The van der Waals surface area contributed by atoms with Crippen LogP contribution in [-0.2, 0) is 0 Å². The molecule has 0 spiro atoms. The van der Waals surface area contributed by atoms with Gasteiger partial charge in [0.05, 0.1) is 49.3 Å². The van der Waals surface area contributed by atoms with Crippen LogP contribution in [0.1, 0.15) is 103 Å². The van der Waals surface area contributed by atoms with Gasteiger partial charge < -0.3 is 0 Å². The largest absolute Gasteiger partial charge is 0.397 e. The summed E-state index contributed by atoms with van der Waals surface area (Å²) < 4.78 is 19.5. The highest BCUT2D eigenvalue weighted by atomic mass is 28.3. The average Bonchev–Trinajstić information content (AvgIpc) is 3.77. The maximum atomic E-state index is 9.76. The van der Waals surface area contributed by atoms with E-state index in [0.717, 1.165) is 47.3 Å². The summed E-state index contributed by atoms with van der Waals surface area (Å²) in [6.07, 6.45) is 25.6. The van der Waals surface area contributed by atoms with Crippen molar-refractivity contribution in [2.24, 2.45) is 47.3 Å². The molecule has 4 aliphatic carbocycles. The fourth-order valence-corrected chi connectivity index (χ4v) is 12.0. The highest BCUT2D eigenvalue weighted by Gasteiger charge is 2.54. The minimum Gasteiger partial charge on any atom is -0.286 e. The zero-order valence-corrected chi connectivity index (χ0v) is 27.4. The molecule has 0 amide bonds. The van der Waals surface area contributed by atoms with Crippen molar-refractivity contribution in [3.05, 3.63) is 0 Å². The first kappa shape index (κ1) is 30.1. The molecule has 0 radical (unpaired) electrons. The van der Waals surface area contributed by atoms with Gasteiger partial charge in [0.2, 0.25) is 0 Å².